The molecule has 11 heteroatoms. The SMILES string of the molecule is Nc1ncnc2c1ncn2[C@H]1[C@H](O)[C@H](O)[C@]2(C(=O)NCC(F)F)C[C@H]12. The Hall–Kier alpha value is -2.40. The van der Waals surface area contributed by atoms with E-state index in [1.165, 1.54) is 12.7 Å². The van der Waals surface area contributed by atoms with Gasteiger partial charge in [-0.15, -0.1) is 0 Å². The highest BCUT2D eigenvalue weighted by Gasteiger charge is 2.75. The molecular weight excluding hydrogens is 338 g/mol. The summed E-state index contributed by atoms with van der Waals surface area (Å²) in [4.78, 5) is 24.4. The van der Waals surface area contributed by atoms with E-state index >= 15 is 0 Å². The van der Waals surface area contributed by atoms with Gasteiger partial charge in [0.25, 0.3) is 6.43 Å². The second kappa shape index (κ2) is 5.30. The van der Waals surface area contributed by atoms with E-state index in [1.807, 2.05) is 0 Å². The zero-order valence-electron chi connectivity index (χ0n) is 12.9. The lowest BCUT2D eigenvalue weighted by atomic mass is 9.98. The number of anilines is 1. The minimum absolute atomic E-state index is 0.175. The number of nitrogen functional groups attached to an aromatic ring is 1. The van der Waals surface area contributed by atoms with Crippen LogP contribution in [0.5, 0.6) is 0 Å². The zero-order chi connectivity index (χ0) is 17.9. The highest BCUT2D eigenvalue weighted by Crippen LogP contribution is 2.67. The van der Waals surface area contributed by atoms with Crippen LogP contribution in [0.25, 0.3) is 11.2 Å². The number of rotatable bonds is 4. The summed E-state index contributed by atoms with van der Waals surface area (Å²) in [5.74, 6) is -0.914. The Morgan fingerprint density at radius 3 is 2.92 bits per heavy atom. The second-order valence-electron chi connectivity index (χ2n) is 6.46. The van der Waals surface area contributed by atoms with Crippen LogP contribution in [-0.2, 0) is 4.79 Å². The number of hydrogen-bond acceptors (Lipinski definition) is 7. The van der Waals surface area contributed by atoms with Gasteiger partial charge in [0.2, 0.25) is 5.91 Å². The van der Waals surface area contributed by atoms with Crippen LogP contribution in [0.2, 0.25) is 0 Å². The summed E-state index contributed by atoms with van der Waals surface area (Å²) < 4.78 is 26.2. The molecule has 0 spiro atoms. The average Bonchev–Trinajstić information content (AvgIpc) is 3.10. The molecule has 0 aromatic carbocycles. The number of imidazole rings is 1. The Labute approximate surface area is 139 Å². The third kappa shape index (κ3) is 2.12. The number of hydrogen-bond donors (Lipinski definition) is 4. The maximum Gasteiger partial charge on any atom is 0.255 e. The van der Waals surface area contributed by atoms with Crippen molar-refractivity contribution >= 4 is 22.9 Å². The lowest BCUT2D eigenvalue weighted by molar-refractivity contribution is -0.133. The first-order valence-electron chi connectivity index (χ1n) is 7.73. The summed E-state index contributed by atoms with van der Waals surface area (Å²) in [6, 6.07) is -0.661. The molecule has 2 fully saturated rings. The largest absolute Gasteiger partial charge is 0.389 e. The number of nitrogens with two attached hydrogens (primary N) is 1. The molecular formula is C14H16F2N6O3. The van der Waals surface area contributed by atoms with E-state index in [0.717, 1.165) is 0 Å². The summed E-state index contributed by atoms with van der Waals surface area (Å²) in [5.41, 5.74) is 5.20. The molecule has 2 heterocycles. The third-order valence-corrected chi connectivity index (χ3v) is 5.22. The normalized spacial score (nSPS) is 33.6. The maximum atomic E-state index is 12.3. The van der Waals surface area contributed by atoms with Crippen LogP contribution in [0.3, 0.4) is 0 Å². The van der Waals surface area contributed by atoms with E-state index in [0.29, 0.717) is 11.2 Å². The van der Waals surface area contributed by atoms with Crippen LogP contribution in [0.15, 0.2) is 12.7 Å². The van der Waals surface area contributed by atoms with Gasteiger partial charge in [-0.2, -0.15) is 0 Å². The van der Waals surface area contributed by atoms with Crippen molar-refractivity contribution in [1.82, 2.24) is 24.8 Å². The Morgan fingerprint density at radius 2 is 2.20 bits per heavy atom. The van der Waals surface area contributed by atoms with Gasteiger partial charge in [-0.25, -0.2) is 23.7 Å². The van der Waals surface area contributed by atoms with E-state index in [1.54, 1.807) is 4.57 Å². The van der Waals surface area contributed by atoms with Gasteiger partial charge in [0.15, 0.2) is 11.5 Å². The number of nitrogens with zero attached hydrogens (tertiary/aromatic N) is 4. The van der Waals surface area contributed by atoms with Crippen LogP contribution in [0.1, 0.15) is 12.5 Å². The Kier molecular flexibility index (Phi) is 3.41. The number of nitrogens with one attached hydrogen (secondary N) is 1. The first-order chi connectivity index (χ1) is 11.9. The topological polar surface area (TPSA) is 139 Å². The zero-order valence-corrected chi connectivity index (χ0v) is 12.9. The first-order valence-corrected chi connectivity index (χ1v) is 7.73. The van der Waals surface area contributed by atoms with Gasteiger partial charge < -0.3 is 25.8 Å². The number of aliphatic hydroxyl groups is 2. The molecule has 0 radical (unpaired) electrons. The summed E-state index contributed by atoms with van der Waals surface area (Å²) >= 11 is 0. The highest BCUT2D eigenvalue weighted by molar-refractivity contribution is 5.88. The molecule has 9 nitrogen and oxygen atoms in total. The van der Waals surface area contributed by atoms with Gasteiger partial charge in [0.05, 0.1) is 30.4 Å². The summed E-state index contributed by atoms with van der Waals surface area (Å²) in [6.45, 7) is -0.793. The van der Waals surface area contributed by atoms with Gasteiger partial charge in [-0.1, -0.05) is 0 Å². The fraction of sp³-hybridized carbons (Fsp3) is 0.571. The minimum Gasteiger partial charge on any atom is -0.389 e. The van der Waals surface area contributed by atoms with Gasteiger partial charge >= 0.3 is 0 Å². The smallest absolute Gasteiger partial charge is 0.255 e. The molecule has 2 aromatic heterocycles. The molecule has 2 aliphatic carbocycles. The Balaban J connectivity index is 1.67. The monoisotopic (exact) mass is 354 g/mol. The van der Waals surface area contributed by atoms with Crippen molar-refractivity contribution in [2.75, 3.05) is 12.3 Å². The number of aliphatic hydroxyl groups excluding tert-OH is 2. The fourth-order valence-corrected chi connectivity index (χ4v) is 3.98. The molecule has 0 aliphatic heterocycles. The Morgan fingerprint density at radius 1 is 1.44 bits per heavy atom. The molecule has 2 aromatic rings. The van der Waals surface area contributed by atoms with E-state index < -0.39 is 48.5 Å². The number of aromatic nitrogens is 4. The van der Waals surface area contributed by atoms with Gasteiger partial charge in [-0.05, 0) is 6.42 Å². The summed E-state index contributed by atoms with van der Waals surface area (Å²) in [6.07, 6.45) is -2.36. The molecule has 5 N–H and O–H groups in total. The molecule has 0 saturated heterocycles. The van der Waals surface area contributed by atoms with Gasteiger partial charge in [0.1, 0.15) is 17.9 Å². The lowest BCUT2D eigenvalue weighted by Crippen LogP contribution is -2.43. The second-order valence-corrected chi connectivity index (χ2v) is 6.46. The lowest BCUT2D eigenvalue weighted by Gasteiger charge is -2.23. The molecule has 2 aliphatic rings. The van der Waals surface area contributed by atoms with Crippen molar-refractivity contribution in [2.24, 2.45) is 11.3 Å². The van der Waals surface area contributed by atoms with Crippen molar-refractivity contribution < 1.29 is 23.8 Å². The number of amides is 1. The third-order valence-electron chi connectivity index (χ3n) is 5.22. The van der Waals surface area contributed by atoms with Crippen LogP contribution in [0.4, 0.5) is 14.6 Å². The van der Waals surface area contributed by atoms with E-state index in [2.05, 4.69) is 20.3 Å². The molecule has 134 valence electrons. The van der Waals surface area contributed by atoms with Crippen molar-refractivity contribution in [2.45, 2.75) is 31.1 Å². The van der Waals surface area contributed by atoms with Gasteiger partial charge in [0, 0.05) is 5.92 Å². The molecule has 1 amide bonds. The van der Waals surface area contributed by atoms with Crippen molar-refractivity contribution in [1.29, 1.82) is 0 Å². The number of halogens is 2. The molecule has 5 atom stereocenters. The van der Waals surface area contributed by atoms with Crippen LogP contribution >= 0.6 is 0 Å². The van der Waals surface area contributed by atoms with Crippen LogP contribution in [-0.4, -0.2) is 60.8 Å². The average molecular weight is 354 g/mol. The number of fused-ring (bicyclic) bond motifs is 2. The molecule has 0 bridgehead atoms. The van der Waals surface area contributed by atoms with Crippen molar-refractivity contribution in [3.63, 3.8) is 0 Å². The van der Waals surface area contributed by atoms with Gasteiger partial charge in [-0.3, -0.25) is 4.79 Å². The number of alkyl halides is 2. The van der Waals surface area contributed by atoms with E-state index in [-0.39, 0.29) is 12.2 Å². The summed E-state index contributed by atoms with van der Waals surface area (Å²) in [7, 11) is 0. The highest BCUT2D eigenvalue weighted by atomic mass is 19.3. The van der Waals surface area contributed by atoms with Crippen molar-refractivity contribution in [3.05, 3.63) is 12.7 Å². The molecule has 4 rings (SSSR count). The van der Waals surface area contributed by atoms with Crippen LogP contribution < -0.4 is 11.1 Å². The fourth-order valence-electron chi connectivity index (χ4n) is 3.98. The standard InChI is InChI=1S/C14H16F2N6O3/c15-6(16)2-18-13(25)14-1-5(14)8(9(23)10(14)24)22-4-21-7-11(17)19-3-20-12(7)22/h3-6,8-10,23-24H,1-2H2,(H,18,25)(H2,17,19,20)/t5-,8-,9+,10+,14+/m1/s1. The number of carbonyl (C=O) groups excluding carboxylic acids is 1. The van der Waals surface area contributed by atoms with E-state index in [9.17, 15) is 23.8 Å². The maximum absolute atomic E-state index is 12.3. The Bertz CT molecular complexity index is 845. The number of carbonyl (C=O) groups is 1. The molecule has 2 saturated carbocycles. The quantitative estimate of drug-likeness (QED) is 0.556. The van der Waals surface area contributed by atoms with Crippen molar-refractivity contribution in [3.8, 4) is 0 Å². The molecule has 25 heavy (non-hydrogen) atoms. The van der Waals surface area contributed by atoms with E-state index in [4.69, 9.17) is 5.73 Å². The van der Waals surface area contributed by atoms with Crippen LogP contribution in [0, 0.1) is 11.3 Å². The first kappa shape index (κ1) is 16.1. The molecule has 0 unspecified atom stereocenters. The summed E-state index contributed by atoms with van der Waals surface area (Å²) in [5, 5.41) is 23.0. The minimum atomic E-state index is -2.69. The predicted molar refractivity (Wildman–Crippen MR) is 80.3 cm³/mol. The predicted octanol–water partition coefficient (Wildman–Crippen LogP) is -0.927.